The number of hydrogen-bond acceptors (Lipinski definition) is 4. The Labute approximate surface area is 120 Å². The molecule has 0 radical (unpaired) electrons. The molecule has 0 aliphatic carbocycles. The summed E-state index contributed by atoms with van der Waals surface area (Å²) in [5.74, 6) is -0.205. The molecule has 2 rings (SSSR count). The molecule has 7 heteroatoms. The van der Waals surface area contributed by atoms with Gasteiger partial charge < -0.3 is 11.1 Å². The molecule has 0 bridgehead atoms. The van der Waals surface area contributed by atoms with Gasteiger partial charge in [-0.3, -0.25) is 9.48 Å². The quantitative estimate of drug-likeness (QED) is 0.907. The molecule has 0 saturated heterocycles. The molecule has 19 heavy (non-hydrogen) atoms. The number of aromatic nitrogens is 2. The number of halogens is 1. The molecular formula is C12H15ClN4OS. The van der Waals surface area contributed by atoms with Gasteiger partial charge in [-0.05, 0) is 25.5 Å². The molecule has 1 amide bonds. The van der Waals surface area contributed by atoms with E-state index in [2.05, 4.69) is 10.4 Å². The number of anilines is 1. The van der Waals surface area contributed by atoms with Crippen LogP contribution in [-0.4, -0.2) is 22.2 Å². The highest BCUT2D eigenvalue weighted by molar-refractivity contribution is 7.16. The standard InChI is InChI=1S/C12H15ClN4OS/c1-7-10(14)11(17(2)16-7)12(18)15-6-5-8-3-4-9(13)19-8/h3-4H,5-6,14H2,1-2H3,(H,15,18). The molecule has 0 atom stereocenters. The minimum Gasteiger partial charge on any atom is -0.395 e. The van der Waals surface area contributed by atoms with E-state index in [1.807, 2.05) is 12.1 Å². The molecule has 3 N–H and O–H groups in total. The maximum absolute atomic E-state index is 12.0. The highest BCUT2D eigenvalue weighted by Gasteiger charge is 2.17. The first kappa shape index (κ1) is 13.9. The van der Waals surface area contributed by atoms with Crippen LogP contribution in [0.15, 0.2) is 12.1 Å². The van der Waals surface area contributed by atoms with Gasteiger partial charge in [0.05, 0.1) is 15.7 Å². The SMILES string of the molecule is Cc1nn(C)c(C(=O)NCCc2ccc(Cl)s2)c1N. The van der Waals surface area contributed by atoms with Crippen LogP contribution >= 0.6 is 22.9 Å². The number of aryl methyl sites for hydroxylation is 2. The van der Waals surface area contributed by atoms with Crippen molar-refractivity contribution in [1.29, 1.82) is 0 Å². The Hall–Kier alpha value is -1.53. The largest absolute Gasteiger partial charge is 0.395 e. The third-order valence-corrected chi connectivity index (χ3v) is 4.06. The summed E-state index contributed by atoms with van der Waals surface area (Å²) < 4.78 is 2.26. The van der Waals surface area contributed by atoms with E-state index in [0.29, 0.717) is 23.6 Å². The van der Waals surface area contributed by atoms with Crippen LogP contribution in [0.1, 0.15) is 21.1 Å². The minimum absolute atomic E-state index is 0.205. The summed E-state index contributed by atoms with van der Waals surface area (Å²) in [6, 6.07) is 3.81. The van der Waals surface area contributed by atoms with E-state index in [9.17, 15) is 4.79 Å². The molecule has 0 fully saturated rings. The zero-order valence-electron chi connectivity index (χ0n) is 10.7. The Kier molecular flexibility index (Phi) is 4.11. The van der Waals surface area contributed by atoms with Crippen LogP contribution in [0.2, 0.25) is 4.34 Å². The van der Waals surface area contributed by atoms with E-state index < -0.39 is 0 Å². The van der Waals surface area contributed by atoms with Gasteiger partial charge in [0.25, 0.3) is 5.91 Å². The van der Waals surface area contributed by atoms with Crippen LogP contribution in [0.4, 0.5) is 5.69 Å². The fraction of sp³-hybridized carbons (Fsp3) is 0.333. The number of amides is 1. The number of carbonyl (C=O) groups excluding carboxylic acids is 1. The molecule has 0 unspecified atom stereocenters. The maximum atomic E-state index is 12.0. The second kappa shape index (κ2) is 5.63. The van der Waals surface area contributed by atoms with Crippen molar-refractivity contribution in [2.75, 3.05) is 12.3 Å². The van der Waals surface area contributed by atoms with Crippen molar-refractivity contribution in [2.45, 2.75) is 13.3 Å². The number of carbonyl (C=O) groups is 1. The van der Waals surface area contributed by atoms with Crippen molar-refractivity contribution in [3.05, 3.63) is 32.7 Å². The summed E-state index contributed by atoms with van der Waals surface area (Å²) in [6.45, 7) is 2.32. The predicted molar refractivity (Wildman–Crippen MR) is 77.7 cm³/mol. The van der Waals surface area contributed by atoms with E-state index in [4.69, 9.17) is 17.3 Å². The minimum atomic E-state index is -0.205. The van der Waals surface area contributed by atoms with Gasteiger partial charge in [0.15, 0.2) is 0 Å². The van der Waals surface area contributed by atoms with Gasteiger partial charge in [0, 0.05) is 18.5 Å². The van der Waals surface area contributed by atoms with Crippen LogP contribution in [0, 0.1) is 6.92 Å². The summed E-state index contributed by atoms with van der Waals surface area (Å²) in [7, 11) is 1.71. The molecular weight excluding hydrogens is 284 g/mol. The Bertz CT molecular complexity index is 605. The van der Waals surface area contributed by atoms with Crippen LogP contribution < -0.4 is 11.1 Å². The lowest BCUT2D eigenvalue weighted by molar-refractivity contribution is 0.0946. The molecule has 2 aromatic heterocycles. The highest BCUT2D eigenvalue weighted by Crippen LogP contribution is 2.21. The van der Waals surface area contributed by atoms with Crippen molar-refractivity contribution >= 4 is 34.5 Å². The van der Waals surface area contributed by atoms with Gasteiger partial charge in [0.1, 0.15) is 5.69 Å². The number of nitrogens with zero attached hydrogens (tertiary/aromatic N) is 2. The smallest absolute Gasteiger partial charge is 0.271 e. The Morgan fingerprint density at radius 3 is 2.84 bits per heavy atom. The predicted octanol–water partition coefficient (Wildman–Crippen LogP) is 2.00. The number of thiophene rings is 1. The van der Waals surface area contributed by atoms with Crippen LogP contribution in [0.25, 0.3) is 0 Å². The zero-order chi connectivity index (χ0) is 14.0. The molecule has 0 aliphatic heterocycles. The molecule has 0 spiro atoms. The monoisotopic (exact) mass is 298 g/mol. The van der Waals surface area contributed by atoms with E-state index in [0.717, 1.165) is 15.6 Å². The normalized spacial score (nSPS) is 10.7. The van der Waals surface area contributed by atoms with Gasteiger partial charge in [0.2, 0.25) is 0 Å². The molecule has 102 valence electrons. The van der Waals surface area contributed by atoms with Gasteiger partial charge in [-0.1, -0.05) is 11.6 Å². The molecule has 0 aliphatic rings. The van der Waals surface area contributed by atoms with E-state index >= 15 is 0 Å². The first-order valence-electron chi connectivity index (χ1n) is 5.80. The number of rotatable bonds is 4. The van der Waals surface area contributed by atoms with Crippen LogP contribution in [0.3, 0.4) is 0 Å². The zero-order valence-corrected chi connectivity index (χ0v) is 12.3. The number of hydrogen-bond donors (Lipinski definition) is 2. The van der Waals surface area contributed by atoms with Crippen molar-refractivity contribution < 1.29 is 4.79 Å². The Morgan fingerprint density at radius 1 is 1.58 bits per heavy atom. The van der Waals surface area contributed by atoms with Crippen molar-refractivity contribution in [2.24, 2.45) is 7.05 Å². The Balaban J connectivity index is 1.94. The highest BCUT2D eigenvalue weighted by atomic mass is 35.5. The molecule has 2 aromatic rings. The van der Waals surface area contributed by atoms with Gasteiger partial charge in [-0.25, -0.2) is 0 Å². The van der Waals surface area contributed by atoms with Crippen molar-refractivity contribution in [3.8, 4) is 0 Å². The summed E-state index contributed by atoms with van der Waals surface area (Å²) in [5, 5.41) is 6.95. The third-order valence-electron chi connectivity index (χ3n) is 2.77. The average Bonchev–Trinajstić information content (AvgIpc) is 2.84. The first-order valence-corrected chi connectivity index (χ1v) is 7.00. The average molecular weight is 299 g/mol. The third kappa shape index (κ3) is 3.08. The number of nitrogen functional groups attached to an aromatic ring is 1. The lowest BCUT2D eigenvalue weighted by Crippen LogP contribution is -2.28. The molecule has 5 nitrogen and oxygen atoms in total. The lowest BCUT2D eigenvalue weighted by Gasteiger charge is -2.05. The molecule has 2 heterocycles. The molecule has 0 aromatic carbocycles. The summed E-state index contributed by atoms with van der Waals surface area (Å²) >= 11 is 7.36. The van der Waals surface area contributed by atoms with E-state index in [1.54, 1.807) is 14.0 Å². The second-order valence-electron chi connectivity index (χ2n) is 4.18. The van der Waals surface area contributed by atoms with Crippen molar-refractivity contribution in [1.82, 2.24) is 15.1 Å². The van der Waals surface area contributed by atoms with Gasteiger partial charge in [-0.2, -0.15) is 5.10 Å². The van der Waals surface area contributed by atoms with E-state index in [-0.39, 0.29) is 5.91 Å². The summed E-state index contributed by atoms with van der Waals surface area (Å²) in [4.78, 5) is 13.2. The van der Waals surface area contributed by atoms with Gasteiger partial charge >= 0.3 is 0 Å². The number of nitrogens with two attached hydrogens (primary N) is 1. The maximum Gasteiger partial charge on any atom is 0.271 e. The fourth-order valence-corrected chi connectivity index (χ4v) is 2.90. The first-order chi connectivity index (χ1) is 8.99. The van der Waals surface area contributed by atoms with E-state index in [1.165, 1.54) is 16.0 Å². The molecule has 0 saturated carbocycles. The summed E-state index contributed by atoms with van der Waals surface area (Å²) in [6.07, 6.45) is 0.750. The van der Waals surface area contributed by atoms with Gasteiger partial charge in [-0.15, -0.1) is 11.3 Å². The Morgan fingerprint density at radius 2 is 2.32 bits per heavy atom. The lowest BCUT2D eigenvalue weighted by atomic mass is 10.3. The number of nitrogens with one attached hydrogen (secondary N) is 1. The van der Waals surface area contributed by atoms with Crippen molar-refractivity contribution in [3.63, 3.8) is 0 Å². The fourth-order valence-electron chi connectivity index (χ4n) is 1.81. The van der Waals surface area contributed by atoms with Crippen LogP contribution in [0.5, 0.6) is 0 Å². The second-order valence-corrected chi connectivity index (χ2v) is 5.98. The van der Waals surface area contributed by atoms with Crippen LogP contribution in [-0.2, 0) is 13.5 Å². The topological polar surface area (TPSA) is 72.9 Å². The summed E-state index contributed by atoms with van der Waals surface area (Å²) in [5.41, 5.74) is 7.33.